The molecule has 3 saturated carbocycles. The van der Waals surface area contributed by atoms with Crippen LogP contribution < -0.4 is 0 Å². The molecule has 0 aliphatic heterocycles. The minimum absolute atomic E-state index is 0.148. The SMILES string of the molecule is COC1CCC(C2CCC([C@H]3CC[C@H](/C=C/CCCCCF)CC3)CC2)CC1. The molecule has 3 aliphatic carbocycles. The van der Waals surface area contributed by atoms with E-state index in [2.05, 4.69) is 12.2 Å². The molecular weight excluding hydrogens is 347 g/mol. The smallest absolute Gasteiger partial charge is 0.0894 e. The topological polar surface area (TPSA) is 9.23 Å². The molecule has 0 N–H and O–H groups in total. The van der Waals surface area contributed by atoms with E-state index in [-0.39, 0.29) is 6.67 Å². The quantitative estimate of drug-likeness (QED) is 0.286. The second-order valence-corrected chi connectivity index (χ2v) is 10.1. The Kier molecular flexibility index (Phi) is 9.85. The summed E-state index contributed by atoms with van der Waals surface area (Å²) < 4.78 is 17.7. The third-order valence-electron chi connectivity index (χ3n) is 8.43. The lowest BCUT2D eigenvalue weighted by atomic mass is 9.65. The fourth-order valence-electron chi connectivity index (χ4n) is 6.51. The predicted molar refractivity (Wildman–Crippen MR) is 117 cm³/mol. The predicted octanol–water partition coefficient (Wildman–Crippen LogP) is 7.89. The lowest BCUT2D eigenvalue weighted by Crippen LogP contribution is -2.30. The van der Waals surface area contributed by atoms with E-state index in [1.165, 1.54) is 77.0 Å². The molecular formula is C26H45FO. The van der Waals surface area contributed by atoms with Gasteiger partial charge in [-0.3, -0.25) is 4.39 Å². The maximum atomic E-state index is 12.1. The Hall–Kier alpha value is -0.370. The summed E-state index contributed by atoms with van der Waals surface area (Å²) in [4.78, 5) is 0. The third kappa shape index (κ3) is 6.85. The van der Waals surface area contributed by atoms with Crippen molar-refractivity contribution in [3.8, 4) is 0 Å². The van der Waals surface area contributed by atoms with Gasteiger partial charge in [0.05, 0.1) is 12.8 Å². The van der Waals surface area contributed by atoms with Crippen molar-refractivity contribution in [1.82, 2.24) is 0 Å². The standard InChI is InChI=1S/C26H45FO/c1-28-26-18-16-25(17-19-26)24-14-12-23(13-15-24)22-10-8-21(9-11-22)7-5-3-2-4-6-20-27/h5,7,21-26H,2-4,6,8-20H2,1H3/b7-5+/t21-,22-,23?,24?,25?,26?. The van der Waals surface area contributed by atoms with Crippen LogP contribution in [-0.2, 0) is 4.74 Å². The molecule has 0 heterocycles. The van der Waals surface area contributed by atoms with Crippen molar-refractivity contribution in [1.29, 1.82) is 0 Å². The zero-order valence-electron chi connectivity index (χ0n) is 18.4. The summed E-state index contributed by atoms with van der Waals surface area (Å²) in [7, 11) is 1.88. The number of rotatable bonds is 9. The number of hydrogen-bond donors (Lipinski definition) is 0. The summed E-state index contributed by atoms with van der Waals surface area (Å²) in [6.45, 7) is -0.148. The van der Waals surface area contributed by atoms with Crippen LogP contribution in [0.1, 0.15) is 103 Å². The highest BCUT2D eigenvalue weighted by atomic mass is 19.1. The van der Waals surface area contributed by atoms with Crippen molar-refractivity contribution >= 4 is 0 Å². The van der Waals surface area contributed by atoms with Gasteiger partial charge < -0.3 is 4.74 Å². The van der Waals surface area contributed by atoms with Gasteiger partial charge in [-0.25, -0.2) is 0 Å². The van der Waals surface area contributed by atoms with Gasteiger partial charge in [0.25, 0.3) is 0 Å². The first-order chi connectivity index (χ1) is 13.8. The molecule has 0 spiro atoms. The molecule has 0 amide bonds. The van der Waals surface area contributed by atoms with E-state index in [0.29, 0.717) is 6.10 Å². The lowest BCUT2D eigenvalue weighted by molar-refractivity contribution is 0.0359. The molecule has 0 aromatic rings. The molecule has 0 atom stereocenters. The van der Waals surface area contributed by atoms with Crippen LogP contribution in [-0.4, -0.2) is 19.9 Å². The molecule has 0 unspecified atom stereocenters. The van der Waals surface area contributed by atoms with Crippen molar-refractivity contribution in [2.75, 3.05) is 13.8 Å². The number of hydrogen-bond acceptors (Lipinski definition) is 1. The van der Waals surface area contributed by atoms with E-state index >= 15 is 0 Å². The van der Waals surface area contributed by atoms with E-state index < -0.39 is 0 Å². The molecule has 0 bridgehead atoms. The molecule has 0 saturated heterocycles. The van der Waals surface area contributed by atoms with E-state index in [1.54, 1.807) is 0 Å². The van der Waals surface area contributed by atoms with Crippen molar-refractivity contribution in [2.24, 2.45) is 29.6 Å². The van der Waals surface area contributed by atoms with Crippen LogP contribution in [0, 0.1) is 29.6 Å². The largest absolute Gasteiger partial charge is 0.381 e. The van der Waals surface area contributed by atoms with Crippen LogP contribution in [0.4, 0.5) is 4.39 Å². The van der Waals surface area contributed by atoms with Crippen LogP contribution in [0.5, 0.6) is 0 Å². The Labute approximate surface area is 173 Å². The fourth-order valence-corrected chi connectivity index (χ4v) is 6.51. The first-order valence-electron chi connectivity index (χ1n) is 12.6. The van der Waals surface area contributed by atoms with Gasteiger partial charge in [-0.05, 0) is 126 Å². The number of unbranched alkanes of at least 4 members (excludes halogenated alkanes) is 3. The summed E-state index contributed by atoms with van der Waals surface area (Å²) in [6.07, 6.45) is 26.7. The third-order valence-corrected chi connectivity index (χ3v) is 8.43. The molecule has 3 aliphatic rings. The Morgan fingerprint density at radius 2 is 1.18 bits per heavy atom. The molecule has 1 nitrogen and oxygen atoms in total. The zero-order valence-corrected chi connectivity index (χ0v) is 18.4. The number of allylic oxidation sites excluding steroid dienone is 2. The zero-order chi connectivity index (χ0) is 19.6. The highest BCUT2D eigenvalue weighted by Crippen LogP contribution is 2.45. The summed E-state index contributed by atoms with van der Waals surface area (Å²) in [6, 6.07) is 0. The van der Waals surface area contributed by atoms with E-state index in [1.807, 2.05) is 7.11 Å². The van der Waals surface area contributed by atoms with Crippen molar-refractivity contribution in [3.05, 3.63) is 12.2 Å². The summed E-state index contributed by atoms with van der Waals surface area (Å²) in [5.74, 6) is 4.88. The van der Waals surface area contributed by atoms with Crippen molar-refractivity contribution < 1.29 is 9.13 Å². The second kappa shape index (κ2) is 12.4. The average Bonchev–Trinajstić information content (AvgIpc) is 2.77. The van der Waals surface area contributed by atoms with E-state index in [0.717, 1.165) is 55.3 Å². The molecule has 0 aromatic carbocycles. The highest BCUT2D eigenvalue weighted by Gasteiger charge is 2.34. The van der Waals surface area contributed by atoms with Crippen LogP contribution in [0.2, 0.25) is 0 Å². The second-order valence-electron chi connectivity index (χ2n) is 10.1. The van der Waals surface area contributed by atoms with Gasteiger partial charge in [0, 0.05) is 7.11 Å². The molecule has 0 aromatic heterocycles. The maximum absolute atomic E-state index is 12.1. The number of alkyl halides is 1. The monoisotopic (exact) mass is 392 g/mol. The Balaban J connectivity index is 1.29. The van der Waals surface area contributed by atoms with Gasteiger partial charge >= 0.3 is 0 Å². The lowest BCUT2D eigenvalue weighted by Gasteiger charge is -2.41. The van der Waals surface area contributed by atoms with Crippen LogP contribution in [0.3, 0.4) is 0 Å². The van der Waals surface area contributed by atoms with Gasteiger partial charge in [0.1, 0.15) is 0 Å². The normalized spacial score (nSPS) is 37.4. The average molecular weight is 393 g/mol. The fraction of sp³-hybridized carbons (Fsp3) is 0.923. The minimum Gasteiger partial charge on any atom is -0.381 e. The molecule has 0 radical (unpaired) electrons. The summed E-state index contributed by atoms with van der Waals surface area (Å²) >= 11 is 0. The highest BCUT2D eigenvalue weighted by molar-refractivity contribution is 4.93. The van der Waals surface area contributed by atoms with Crippen LogP contribution in [0.25, 0.3) is 0 Å². The Morgan fingerprint density at radius 3 is 1.68 bits per heavy atom. The van der Waals surface area contributed by atoms with Crippen molar-refractivity contribution in [3.63, 3.8) is 0 Å². The number of methoxy groups -OCH3 is 1. The first-order valence-corrected chi connectivity index (χ1v) is 12.6. The van der Waals surface area contributed by atoms with Crippen LogP contribution >= 0.6 is 0 Å². The molecule has 3 rings (SSSR count). The van der Waals surface area contributed by atoms with Gasteiger partial charge in [-0.1, -0.05) is 18.6 Å². The van der Waals surface area contributed by atoms with Crippen LogP contribution in [0.15, 0.2) is 12.2 Å². The van der Waals surface area contributed by atoms with Gasteiger partial charge in [0.15, 0.2) is 0 Å². The Bertz CT molecular complexity index is 424. The minimum atomic E-state index is -0.148. The van der Waals surface area contributed by atoms with Gasteiger partial charge in [-0.15, -0.1) is 0 Å². The summed E-state index contributed by atoms with van der Waals surface area (Å²) in [5, 5.41) is 0. The molecule has 3 fully saturated rings. The van der Waals surface area contributed by atoms with E-state index in [4.69, 9.17) is 4.74 Å². The van der Waals surface area contributed by atoms with E-state index in [9.17, 15) is 4.39 Å². The van der Waals surface area contributed by atoms with Gasteiger partial charge in [-0.2, -0.15) is 0 Å². The van der Waals surface area contributed by atoms with Gasteiger partial charge in [0.2, 0.25) is 0 Å². The van der Waals surface area contributed by atoms with Crippen molar-refractivity contribution in [2.45, 2.75) is 109 Å². The summed E-state index contributed by atoms with van der Waals surface area (Å²) in [5.41, 5.74) is 0. The first kappa shape index (κ1) is 22.3. The molecule has 28 heavy (non-hydrogen) atoms. The Morgan fingerprint density at radius 1 is 0.679 bits per heavy atom. The molecule has 162 valence electrons. The molecule has 2 heteroatoms. The number of ether oxygens (including phenoxy) is 1. The maximum Gasteiger partial charge on any atom is 0.0894 e. The number of halogens is 1.